The van der Waals surface area contributed by atoms with Crippen molar-refractivity contribution in [3.05, 3.63) is 52.6 Å². The van der Waals surface area contributed by atoms with Crippen molar-refractivity contribution in [2.75, 3.05) is 7.11 Å². The Balaban J connectivity index is 1.34. The predicted molar refractivity (Wildman–Crippen MR) is 140 cm³/mol. The van der Waals surface area contributed by atoms with Gasteiger partial charge in [0, 0.05) is 17.7 Å². The number of furan rings is 1. The van der Waals surface area contributed by atoms with Crippen LogP contribution in [0, 0.1) is 5.92 Å². The van der Waals surface area contributed by atoms with Crippen molar-refractivity contribution in [1.29, 1.82) is 0 Å². The van der Waals surface area contributed by atoms with E-state index in [1.807, 2.05) is 6.08 Å². The maximum Gasteiger partial charge on any atom is 0.374 e. The first kappa shape index (κ1) is 25.5. The second-order valence-electron chi connectivity index (χ2n) is 10.0. The molecule has 1 aromatic heterocycles. The summed E-state index contributed by atoms with van der Waals surface area (Å²) < 4.78 is 16.4. The van der Waals surface area contributed by atoms with Crippen LogP contribution in [0.15, 0.2) is 56.3 Å². The number of hydrogen-bond donors (Lipinski definition) is 0. The maximum absolute atomic E-state index is 11.7. The van der Waals surface area contributed by atoms with Gasteiger partial charge in [-0.3, -0.25) is 0 Å². The van der Waals surface area contributed by atoms with E-state index in [1.54, 1.807) is 12.1 Å². The predicted octanol–water partition coefficient (Wildman–Crippen LogP) is 8.48. The molecule has 1 fully saturated rings. The van der Waals surface area contributed by atoms with Gasteiger partial charge in [-0.1, -0.05) is 77.2 Å². The largest absolute Gasteiger partial charge is 0.463 e. The van der Waals surface area contributed by atoms with Crippen LogP contribution in [0.4, 0.5) is 0 Å². The lowest BCUT2D eigenvalue weighted by Crippen LogP contribution is -2.13. The van der Waals surface area contributed by atoms with Gasteiger partial charge in [0.15, 0.2) is 5.76 Å². The van der Waals surface area contributed by atoms with Crippen LogP contribution >= 0.6 is 0 Å². The monoisotopic (exact) mass is 479 g/mol. The van der Waals surface area contributed by atoms with Gasteiger partial charge >= 0.3 is 5.97 Å². The summed E-state index contributed by atoms with van der Waals surface area (Å²) in [6.07, 6.45) is 23.7. The normalized spacial score (nSPS) is 19.0. The number of unbranched alkanes of at least 4 members (excludes halogenated alkanes) is 9. The number of methoxy groups -OCH3 is 1. The zero-order valence-electron chi connectivity index (χ0n) is 21.6. The lowest BCUT2D eigenvalue weighted by atomic mass is 9.81. The van der Waals surface area contributed by atoms with E-state index in [1.165, 1.54) is 107 Å². The van der Waals surface area contributed by atoms with Gasteiger partial charge in [-0.2, -0.15) is 0 Å². The van der Waals surface area contributed by atoms with Crippen molar-refractivity contribution in [3.63, 3.8) is 0 Å². The molecule has 5 nitrogen and oxygen atoms in total. The highest BCUT2D eigenvalue weighted by atomic mass is 16.6. The van der Waals surface area contributed by atoms with Gasteiger partial charge < -0.3 is 13.9 Å². The topological polar surface area (TPSA) is 61.0 Å². The minimum atomic E-state index is -0.511. The molecule has 0 amide bonds. The number of hydrogen-bond acceptors (Lipinski definition) is 5. The summed E-state index contributed by atoms with van der Waals surface area (Å²) in [5, 5.41) is 0. The van der Waals surface area contributed by atoms with Gasteiger partial charge in [0.25, 0.3) is 5.95 Å². The molecule has 0 spiro atoms. The number of fused-ring (bicyclic) bond motifs is 2. The highest BCUT2D eigenvalue weighted by Crippen LogP contribution is 2.44. The van der Waals surface area contributed by atoms with Crippen LogP contribution < -0.4 is 4.74 Å². The lowest BCUT2D eigenvalue weighted by molar-refractivity contribution is 0.0559. The molecule has 0 aromatic carbocycles. The summed E-state index contributed by atoms with van der Waals surface area (Å²) in [5.74, 6) is 1.02. The molecule has 0 bridgehead atoms. The van der Waals surface area contributed by atoms with E-state index < -0.39 is 5.97 Å². The first-order valence-corrected chi connectivity index (χ1v) is 13.8. The standard InChI is InChI=1S/C30H41NO4/c1-3-4-5-6-7-8-9-10-11-12-15-22-18-19-25(34-27-21-20-26(35-27)30(32)33-2)29-28(22)23-16-13-14-17-24(23)31-29/h18-22H,3-17H2,1-2H3. The van der Waals surface area contributed by atoms with E-state index >= 15 is 0 Å². The molecule has 190 valence electrons. The summed E-state index contributed by atoms with van der Waals surface area (Å²) >= 11 is 0. The highest BCUT2D eigenvalue weighted by molar-refractivity contribution is 6.05. The number of carbonyl (C=O) groups excluding carboxylic acids is 1. The Labute approximate surface area is 210 Å². The van der Waals surface area contributed by atoms with Gasteiger partial charge in [0.1, 0.15) is 5.70 Å². The summed E-state index contributed by atoms with van der Waals surface area (Å²) in [7, 11) is 1.34. The van der Waals surface area contributed by atoms with Crippen molar-refractivity contribution >= 4 is 11.7 Å². The molecule has 1 saturated carbocycles. The van der Waals surface area contributed by atoms with Crippen LogP contribution in [0.2, 0.25) is 0 Å². The molecule has 1 aromatic rings. The van der Waals surface area contributed by atoms with Crippen molar-refractivity contribution in [2.45, 2.75) is 103 Å². The van der Waals surface area contributed by atoms with Crippen molar-refractivity contribution in [2.24, 2.45) is 10.9 Å². The molecule has 0 radical (unpaired) electrons. The smallest absolute Gasteiger partial charge is 0.374 e. The fourth-order valence-corrected chi connectivity index (χ4v) is 5.48. The molecule has 4 rings (SSSR count). The molecule has 1 atom stereocenters. The first-order valence-electron chi connectivity index (χ1n) is 13.8. The Hall–Kier alpha value is -2.56. The summed E-state index contributed by atoms with van der Waals surface area (Å²) in [6, 6.07) is 3.23. The molecular formula is C30H41NO4. The third-order valence-electron chi connectivity index (χ3n) is 7.40. The Kier molecular flexibility index (Phi) is 9.44. The Morgan fingerprint density at radius 1 is 1.00 bits per heavy atom. The molecule has 2 heterocycles. The zero-order valence-corrected chi connectivity index (χ0v) is 21.6. The number of ether oxygens (including phenoxy) is 2. The molecular weight excluding hydrogens is 438 g/mol. The molecule has 3 aliphatic rings. The lowest BCUT2D eigenvalue weighted by Gasteiger charge is -2.23. The van der Waals surface area contributed by atoms with Crippen LogP contribution in [-0.4, -0.2) is 18.8 Å². The summed E-state index contributed by atoms with van der Waals surface area (Å²) in [4.78, 5) is 16.8. The molecule has 1 aliphatic heterocycles. The minimum Gasteiger partial charge on any atom is -0.463 e. The Morgan fingerprint density at radius 3 is 2.46 bits per heavy atom. The average molecular weight is 480 g/mol. The van der Waals surface area contributed by atoms with Crippen LogP contribution in [0.3, 0.4) is 0 Å². The first-order chi connectivity index (χ1) is 17.2. The number of rotatable bonds is 14. The molecule has 0 N–H and O–H groups in total. The minimum absolute atomic E-state index is 0.136. The Bertz CT molecular complexity index is 994. The van der Waals surface area contributed by atoms with E-state index in [0.717, 1.165) is 18.5 Å². The third kappa shape index (κ3) is 6.56. The second-order valence-corrected chi connectivity index (χ2v) is 10.0. The fraction of sp³-hybridized carbons (Fsp3) is 0.600. The molecule has 2 aliphatic carbocycles. The van der Waals surface area contributed by atoms with Gasteiger partial charge in [-0.25, -0.2) is 9.79 Å². The van der Waals surface area contributed by atoms with Crippen molar-refractivity contribution in [3.8, 4) is 5.95 Å². The Morgan fingerprint density at radius 2 is 1.71 bits per heavy atom. The van der Waals surface area contributed by atoms with E-state index in [2.05, 4.69) is 13.0 Å². The quantitative estimate of drug-likeness (QED) is 0.198. The number of esters is 1. The second kappa shape index (κ2) is 12.9. The SMILES string of the molecule is CCCCCCCCCCCCC1C=CC(Oc2ccc(C(=O)OC)o2)=C2N=C3CCCCC3=C21. The van der Waals surface area contributed by atoms with E-state index in [9.17, 15) is 4.79 Å². The van der Waals surface area contributed by atoms with Crippen molar-refractivity contribution in [1.82, 2.24) is 0 Å². The van der Waals surface area contributed by atoms with E-state index in [0.29, 0.717) is 11.7 Å². The summed E-state index contributed by atoms with van der Waals surface area (Å²) in [5.41, 5.74) is 5.03. The van der Waals surface area contributed by atoms with E-state index in [4.69, 9.17) is 18.9 Å². The molecule has 5 heteroatoms. The van der Waals surface area contributed by atoms with Crippen LogP contribution in [-0.2, 0) is 4.74 Å². The van der Waals surface area contributed by atoms with Crippen LogP contribution in [0.25, 0.3) is 0 Å². The van der Waals surface area contributed by atoms with Gasteiger partial charge in [0.05, 0.1) is 7.11 Å². The van der Waals surface area contributed by atoms with Crippen LogP contribution in [0.5, 0.6) is 5.95 Å². The number of carbonyl (C=O) groups is 1. The number of allylic oxidation sites excluding steroid dienone is 4. The van der Waals surface area contributed by atoms with Crippen molar-refractivity contribution < 1.29 is 18.7 Å². The fourth-order valence-electron chi connectivity index (χ4n) is 5.48. The molecule has 0 saturated heterocycles. The van der Waals surface area contributed by atoms with Gasteiger partial charge in [-0.05, 0) is 55.4 Å². The highest BCUT2D eigenvalue weighted by Gasteiger charge is 2.34. The van der Waals surface area contributed by atoms with Gasteiger partial charge in [0.2, 0.25) is 5.76 Å². The van der Waals surface area contributed by atoms with E-state index in [-0.39, 0.29) is 11.7 Å². The van der Waals surface area contributed by atoms with Gasteiger partial charge in [-0.15, -0.1) is 0 Å². The average Bonchev–Trinajstić information content (AvgIpc) is 3.51. The number of aliphatic imine (C=N–C) groups is 1. The maximum atomic E-state index is 11.7. The van der Waals surface area contributed by atoms with Crippen LogP contribution in [0.1, 0.15) is 114 Å². The zero-order chi connectivity index (χ0) is 24.5. The molecule has 35 heavy (non-hydrogen) atoms. The summed E-state index contributed by atoms with van der Waals surface area (Å²) in [6.45, 7) is 2.28. The molecule has 1 unspecified atom stereocenters. The third-order valence-corrected chi connectivity index (χ3v) is 7.40. The number of nitrogens with zero attached hydrogens (tertiary/aromatic N) is 1.